The van der Waals surface area contributed by atoms with Crippen molar-refractivity contribution >= 4 is 28.3 Å². The maximum atomic E-state index is 13.5. The highest BCUT2D eigenvalue weighted by molar-refractivity contribution is 6.07. The minimum atomic E-state index is -0.396. The number of urea groups is 1. The molecule has 2 aromatic heterocycles. The number of anilines is 2. The first-order valence-electron chi connectivity index (χ1n) is 18.5. The van der Waals surface area contributed by atoms with Gasteiger partial charge in [-0.25, -0.2) is 14.5 Å². The molecule has 6 aromatic rings. The molecule has 0 aliphatic heterocycles. The van der Waals surface area contributed by atoms with Crippen molar-refractivity contribution in [2.75, 3.05) is 64.5 Å². The maximum Gasteiger partial charge on any atom is 0.324 e. The molecule has 2 amide bonds. The second kappa shape index (κ2) is 19.5. The lowest BCUT2D eigenvalue weighted by Gasteiger charge is -2.14. The number of rotatable bonds is 19. The molecule has 56 heavy (non-hydrogen) atoms. The molecule has 13 heteroatoms. The van der Waals surface area contributed by atoms with Gasteiger partial charge in [0.05, 0.1) is 57.2 Å². The fourth-order valence-corrected chi connectivity index (χ4v) is 5.83. The van der Waals surface area contributed by atoms with Gasteiger partial charge in [0.1, 0.15) is 35.5 Å². The molecule has 0 radical (unpaired) electrons. The summed E-state index contributed by atoms with van der Waals surface area (Å²) >= 11 is 0. The lowest BCUT2D eigenvalue weighted by molar-refractivity contribution is 0.0179. The number of ether oxygens (including phenoxy) is 6. The molecule has 0 saturated carbocycles. The largest absolute Gasteiger partial charge is 0.497 e. The monoisotopic (exact) mass is 760 g/mol. The number of methoxy groups -OCH3 is 2. The number of hydrogen-bond acceptors (Lipinski definition) is 10. The lowest BCUT2D eigenvalue weighted by Crippen LogP contribution is -2.21. The molecule has 0 aliphatic carbocycles. The quantitative estimate of drug-likeness (QED) is 0.0775. The fourth-order valence-electron chi connectivity index (χ4n) is 5.83. The van der Waals surface area contributed by atoms with Gasteiger partial charge in [-0.05, 0) is 54.8 Å². The standard InChI is InChI=1S/C43H48N6O7/c1-29(2)38-28-41(49(48-38)32-12-10-30(3)11-13-32)47-43(50)45-37-14-15-39(36-9-7-6-8-35(36)37)56-42-16-17-44-40(46-42)26-31-24-33(52-5)27-34(25-31)55-23-22-54-21-20-53-19-18-51-4/h6-17,24-25,27-29H,18-23,26H2,1-5H3,(H2,45,47,50). The zero-order chi connectivity index (χ0) is 39.3. The molecule has 0 saturated heterocycles. The summed E-state index contributed by atoms with van der Waals surface area (Å²) in [6, 6.07) is 28.2. The van der Waals surface area contributed by atoms with Gasteiger partial charge in [0.2, 0.25) is 5.88 Å². The topological polar surface area (TPSA) is 140 Å². The van der Waals surface area contributed by atoms with E-state index in [-0.39, 0.29) is 5.92 Å². The van der Waals surface area contributed by atoms with E-state index >= 15 is 0 Å². The number of aryl methyl sites for hydroxylation is 1. The molecule has 2 N–H and O–H groups in total. The van der Waals surface area contributed by atoms with Gasteiger partial charge in [-0.15, -0.1) is 0 Å². The van der Waals surface area contributed by atoms with Crippen molar-refractivity contribution in [3.63, 3.8) is 0 Å². The Hall–Kier alpha value is -6.02. The van der Waals surface area contributed by atoms with Gasteiger partial charge < -0.3 is 33.7 Å². The number of nitrogens with zero attached hydrogens (tertiary/aromatic N) is 4. The van der Waals surface area contributed by atoms with Crippen LogP contribution in [0.15, 0.2) is 97.2 Å². The molecular weight excluding hydrogens is 713 g/mol. The Kier molecular flexibility index (Phi) is 13.8. The van der Waals surface area contributed by atoms with E-state index in [0.717, 1.165) is 33.3 Å². The Labute approximate surface area is 326 Å². The van der Waals surface area contributed by atoms with Crippen LogP contribution in [0, 0.1) is 6.92 Å². The molecule has 2 heterocycles. The number of carbonyl (C=O) groups excluding carboxylic acids is 1. The van der Waals surface area contributed by atoms with Gasteiger partial charge in [-0.3, -0.25) is 5.32 Å². The Morgan fingerprint density at radius 3 is 2.27 bits per heavy atom. The van der Waals surface area contributed by atoms with E-state index < -0.39 is 6.03 Å². The first kappa shape index (κ1) is 39.7. The maximum absolute atomic E-state index is 13.5. The van der Waals surface area contributed by atoms with Gasteiger partial charge in [0.25, 0.3) is 0 Å². The van der Waals surface area contributed by atoms with Gasteiger partial charge >= 0.3 is 6.03 Å². The third kappa shape index (κ3) is 10.8. The predicted molar refractivity (Wildman–Crippen MR) is 216 cm³/mol. The van der Waals surface area contributed by atoms with Gasteiger partial charge in [-0.2, -0.15) is 10.1 Å². The first-order valence-corrected chi connectivity index (χ1v) is 18.5. The third-order valence-corrected chi connectivity index (χ3v) is 8.70. The van der Waals surface area contributed by atoms with Crippen molar-refractivity contribution in [3.8, 4) is 28.8 Å². The molecular formula is C43H48N6O7. The summed E-state index contributed by atoms with van der Waals surface area (Å²) in [5.74, 6) is 3.58. The SMILES string of the molecule is COCCOCCOCCOc1cc(Cc2nccc(Oc3ccc(NC(=O)Nc4cc(C(C)C)nn4-c4ccc(C)cc4)c4ccccc34)n2)cc(OC)c1. The normalized spacial score (nSPS) is 11.2. The highest BCUT2D eigenvalue weighted by atomic mass is 16.6. The van der Waals surface area contributed by atoms with Crippen LogP contribution in [0.4, 0.5) is 16.3 Å². The van der Waals surface area contributed by atoms with E-state index in [4.69, 9.17) is 38.5 Å². The van der Waals surface area contributed by atoms with E-state index in [2.05, 4.69) is 29.5 Å². The van der Waals surface area contributed by atoms with Gasteiger partial charge in [-0.1, -0.05) is 55.8 Å². The number of hydrogen-bond donors (Lipinski definition) is 2. The van der Waals surface area contributed by atoms with Crippen LogP contribution >= 0.6 is 0 Å². The minimum absolute atomic E-state index is 0.182. The van der Waals surface area contributed by atoms with Crippen LogP contribution in [-0.4, -0.2) is 79.6 Å². The molecule has 0 fully saturated rings. The predicted octanol–water partition coefficient (Wildman–Crippen LogP) is 8.34. The molecule has 0 spiro atoms. The van der Waals surface area contributed by atoms with E-state index in [1.165, 1.54) is 0 Å². The molecule has 0 bridgehead atoms. The Bertz CT molecular complexity index is 2210. The van der Waals surface area contributed by atoms with Crippen LogP contribution in [0.2, 0.25) is 0 Å². The van der Waals surface area contributed by atoms with Crippen LogP contribution in [0.3, 0.4) is 0 Å². The van der Waals surface area contributed by atoms with Crippen molar-refractivity contribution in [1.82, 2.24) is 19.7 Å². The third-order valence-electron chi connectivity index (χ3n) is 8.70. The van der Waals surface area contributed by atoms with Crippen LogP contribution in [-0.2, 0) is 20.6 Å². The van der Waals surface area contributed by atoms with Crippen molar-refractivity contribution in [2.45, 2.75) is 33.1 Å². The average molecular weight is 761 g/mol. The highest BCUT2D eigenvalue weighted by Gasteiger charge is 2.17. The molecule has 13 nitrogen and oxygen atoms in total. The van der Waals surface area contributed by atoms with E-state index in [0.29, 0.717) is 86.5 Å². The summed E-state index contributed by atoms with van der Waals surface area (Å²) in [7, 11) is 3.25. The summed E-state index contributed by atoms with van der Waals surface area (Å²) in [6.07, 6.45) is 2.08. The van der Waals surface area contributed by atoms with Crippen molar-refractivity contribution in [2.24, 2.45) is 0 Å². The van der Waals surface area contributed by atoms with Crippen LogP contribution in [0.5, 0.6) is 23.1 Å². The molecule has 292 valence electrons. The van der Waals surface area contributed by atoms with E-state index in [1.807, 2.05) is 91.9 Å². The van der Waals surface area contributed by atoms with E-state index in [9.17, 15) is 4.79 Å². The average Bonchev–Trinajstić information content (AvgIpc) is 3.62. The van der Waals surface area contributed by atoms with Gasteiger partial charge in [0.15, 0.2) is 0 Å². The summed E-state index contributed by atoms with van der Waals surface area (Å²) in [5, 5.41) is 12.4. The highest BCUT2D eigenvalue weighted by Crippen LogP contribution is 2.34. The van der Waals surface area contributed by atoms with Crippen LogP contribution in [0.25, 0.3) is 16.5 Å². The van der Waals surface area contributed by atoms with E-state index in [1.54, 1.807) is 31.2 Å². The van der Waals surface area contributed by atoms with Crippen molar-refractivity contribution in [1.29, 1.82) is 0 Å². The number of amides is 2. The molecule has 0 atom stereocenters. The fraction of sp³-hybridized carbons (Fsp3) is 0.302. The van der Waals surface area contributed by atoms with Crippen molar-refractivity contribution in [3.05, 3.63) is 120 Å². The Morgan fingerprint density at radius 1 is 0.786 bits per heavy atom. The molecule has 4 aromatic carbocycles. The lowest BCUT2D eigenvalue weighted by atomic mass is 10.1. The molecule has 6 rings (SSSR count). The summed E-state index contributed by atoms with van der Waals surface area (Å²) in [4.78, 5) is 22.7. The smallest absolute Gasteiger partial charge is 0.324 e. The summed E-state index contributed by atoms with van der Waals surface area (Å²) < 4.78 is 35.5. The van der Waals surface area contributed by atoms with Crippen LogP contribution < -0.4 is 24.8 Å². The number of carbonyl (C=O) groups is 1. The summed E-state index contributed by atoms with van der Waals surface area (Å²) in [5.41, 5.74) is 4.39. The van der Waals surface area contributed by atoms with Crippen LogP contribution in [0.1, 0.15) is 42.4 Å². The molecule has 0 unspecified atom stereocenters. The second-order valence-electron chi connectivity index (χ2n) is 13.3. The molecule has 0 aliphatic rings. The summed E-state index contributed by atoms with van der Waals surface area (Å²) in [6.45, 7) is 9.03. The van der Waals surface area contributed by atoms with Crippen molar-refractivity contribution < 1.29 is 33.2 Å². The number of nitrogens with one attached hydrogen (secondary N) is 2. The Balaban J connectivity index is 1.11. The number of fused-ring (bicyclic) bond motifs is 1. The number of benzene rings is 4. The Morgan fingerprint density at radius 2 is 1.52 bits per heavy atom. The number of aromatic nitrogens is 4. The zero-order valence-electron chi connectivity index (χ0n) is 32.4. The first-order chi connectivity index (χ1) is 27.3. The van der Waals surface area contributed by atoms with Gasteiger partial charge in [0, 0.05) is 48.7 Å². The zero-order valence-corrected chi connectivity index (χ0v) is 32.4. The minimum Gasteiger partial charge on any atom is -0.497 e. The second-order valence-corrected chi connectivity index (χ2v) is 13.3.